The summed E-state index contributed by atoms with van der Waals surface area (Å²) in [7, 11) is 0. The normalized spacial score (nSPS) is 11.4. The van der Waals surface area contributed by atoms with Gasteiger partial charge in [-0.15, -0.1) is 0 Å². The molecule has 0 aromatic heterocycles. The highest BCUT2D eigenvalue weighted by molar-refractivity contribution is 5.96. The number of nitrogens with one attached hydrogen (secondary N) is 1. The van der Waals surface area contributed by atoms with Crippen molar-refractivity contribution in [2.75, 3.05) is 13.1 Å². The van der Waals surface area contributed by atoms with E-state index >= 15 is 0 Å². The van der Waals surface area contributed by atoms with Crippen molar-refractivity contribution in [3.05, 3.63) is 101 Å². The molecule has 4 nitrogen and oxygen atoms in total. The van der Waals surface area contributed by atoms with Gasteiger partial charge in [-0.05, 0) is 87.9 Å². The van der Waals surface area contributed by atoms with Crippen molar-refractivity contribution < 1.29 is 9.90 Å². The lowest BCUT2D eigenvalue weighted by molar-refractivity contribution is 0.0576. The van der Waals surface area contributed by atoms with Crippen molar-refractivity contribution in [3.63, 3.8) is 0 Å². The Morgan fingerprint density at radius 1 is 0.824 bits per heavy atom. The predicted molar refractivity (Wildman–Crippen MR) is 140 cm³/mol. The van der Waals surface area contributed by atoms with E-state index in [1.165, 1.54) is 11.1 Å². The zero-order chi connectivity index (χ0) is 24.4. The van der Waals surface area contributed by atoms with Crippen molar-refractivity contribution in [1.82, 2.24) is 10.2 Å². The largest absolute Gasteiger partial charge is 0.508 e. The van der Waals surface area contributed by atoms with Crippen molar-refractivity contribution in [2.24, 2.45) is 0 Å². The highest BCUT2D eigenvalue weighted by Crippen LogP contribution is 2.21. The Labute approximate surface area is 204 Å². The molecule has 0 saturated carbocycles. The summed E-state index contributed by atoms with van der Waals surface area (Å²) in [5.74, 6) is 0.385. The molecule has 0 heterocycles. The van der Waals surface area contributed by atoms with Gasteiger partial charge in [0.1, 0.15) is 5.75 Å². The van der Waals surface area contributed by atoms with Gasteiger partial charge >= 0.3 is 0 Å². The molecule has 0 bridgehead atoms. The van der Waals surface area contributed by atoms with E-state index in [1.807, 2.05) is 47.4 Å². The van der Waals surface area contributed by atoms with E-state index in [1.54, 1.807) is 12.1 Å². The summed E-state index contributed by atoms with van der Waals surface area (Å²) in [6.45, 7) is 8.53. The molecule has 0 aliphatic rings. The number of aromatic hydroxyl groups is 1. The van der Waals surface area contributed by atoms with Gasteiger partial charge in [0.05, 0.1) is 0 Å². The van der Waals surface area contributed by atoms with Gasteiger partial charge in [0.2, 0.25) is 0 Å². The molecule has 180 valence electrons. The molecule has 3 rings (SSSR count). The maximum Gasteiger partial charge on any atom is 0.254 e. The lowest BCUT2D eigenvalue weighted by atomic mass is 9.99. The second kappa shape index (κ2) is 12.4. The Morgan fingerprint density at radius 2 is 1.47 bits per heavy atom. The molecule has 4 heteroatoms. The van der Waals surface area contributed by atoms with Crippen LogP contribution >= 0.6 is 0 Å². The number of rotatable bonds is 11. The highest BCUT2D eigenvalue weighted by Gasteiger charge is 2.28. The Balaban J connectivity index is 1.58. The third-order valence-corrected chi connectivity index (χ3v) is 6.08. The molecule has 0 unspecified atom stereocenters. The van der Waals surface area contributed by atoms with Crippen LogP contribution in [0.4, 0.5) is 0 Å². The van der Waals surface area contributed by atoms with E-state index in [0.717, 1.165) is 49.9 Å². The minimum absolute atomic E-state index is 0.100. The quantitative estimate of drug-likeness (QED) is 0.347. The molecule has 0 atom stereocenters. The third-order valence-electron chi connectivity index (χ3n) is 6.08. The lowest BCUT2D eigenvalue weighted by Gasteiger charge is -2.36. The SMILES string of the molecule is CC(C)(C)N(CCCCc1ccccc1)C(=O)c1ccccc1CNCCc1ccc(O)cc1. The summed E-state index contributed by atoms with van der Waals surface area (Å²) in [5, 5.41) is 12.9. The zero-order valence-electron chi connectivity index (χ0n) is 20.8. The maximum absolute atomic E-state index is 13.6. The Morgan fingerprint density at radius 3 is 2.18 bits per heavy atom. The first-order chi connectivity index (χ1) is 16.3. The van der Waals surface area contributed by atoms with E-state index in [9.17, 15) is 9.90 Å². The van der Waals surface area contributed by atoms with Gasteiger partial charge in [0.15, 0.2) is 0 Å². The zero-order valence-corrected chi connectivity index (χ0v) is 20.8. The van der Waals surface area contributed by atoms with E-state index < -0.39 is 0 Å². The number of carbonyl (C=O) groups excluding carboxylic acids is 1. The molecular weight excluding hydrogens is 420 g/mol. The van der Waals surface area contributed by atoms with E-state index in [4.69, 9.17) is 0 Å². The number of nitrogens with zero attached hydrogens (tertiary/aromatic N) is 1. The van der Waals surface area contributed by atoms with E-state index in [2.05, 4.69) is 50.4 Å². The first-order valence-electron chi connectivity index (χ1n) is 12.3. The average Bonchev–Trinajstić information content (AvgIpc) is 2.82. The molecule has 1 amide bonds. The Kier molecular flexibility index (Phi) is 9.29. The van der Waals surface area contributed by atoms with Crippen LogP contribution in [0.5, 0.6) is 5.75 Å². The molecule has 3 aromatic rings. The highest BCUT2D eigenvalue weighted by atomic mass is 16.3. The maximum atomic E-state index is 13.6. The van der Waals surface area contributed by atoms with E-state index in [0.29, 0.717) is 6.54 Å². The van der Waals surface area contributed by atoms with Gasteiger partial charge in [-0.2, -0.15) is 0 Å². The van der Waals surface area contributed by atoms with Gasteiger partial charge in [0.25, 0.3) is 5.91 Å². The van der Waals surface area contributed by atoms with Crippen LogP contribution in [0.1, 0.15) is 60.7 Å². The van der Waals surface area contributed by atoms with Gasteiger partial charge < -0.3 is 15.3 Å². The minimum atomic E-state index is -0.247. The Hall–Kier alpha value is -3.11. The molecule has 2 N–H and O–H groups in total. The number of phenolic OH excluding ortho intramolecular Hbond substituents is 1. The fraction of sp³-hybridized carbons (Fsp3) is 0.367. The van der Waals surface area contributed by atoms with Crippen LogP contribution in [0.15, 0.2) is 78.9 Å². The number of aryl methyl sites for hydroxylation is 1. The molecule has 34 heavy (non-hydrogen) atoms. The standard InChI is InChI=1S/C30H38N2O2/c1-30(2,3)32(22-10-9-13-24-11-5-4-6-12-24)29(34)28-15-8-7-14-26(28)23-31-21-20-25-16-18-27(33)19-17-25/h4-8,11-12,14-19,31,33H,9-10,13,20-23H2,1-3H3. The summed E-state index contributed by atoms with van der Waals surface area (Å²) < 4.78 is 0. The molecule has 0 radical (unpaired) electrons. The second-order valence-electron chi connectivity index (χ2n) is 9.82. The molecular formula is C30H38N2O2. The van der Waals surface area contributed by atoms with Crippen LogP contribution in [0.3, 0.4) is 0 Å². The smallest absolute Gasteiger partial charge is 0.254 e. The molecule has 0 spiro atoms. The third kappa shape index (κ3) is 7.74. The number of hydrogen-bond donors (Lipinski definition) is 2. The van der Waals surface area contributed by atoms with E-state index in [-0.39, 0.29) is 17.2 Å². The summed E-state index contributed by atoms with van der Waals surface area (Å²) >= 11 is 0. The second-order valence-corrected chi connectivity index (χ2v) is 9.82. The minimum Gasteiger partial charge on any atom is -0.508 e. The molecule has 0 fully saturated rings. The van der Waals surface area contributed by atoms with Crippen LogP contribution < -0.4 is 5.32 Å². The van der Waals surface area contributed by atoms with Crippen molar-refractivity contribution in [2.45, 2.75) is 58.5 Å². The van der Waals surface area contributed by atoms with Crippen LogP contribution in [-0.2, 0) is 19.4 Å². The van der Waals surface area contributed by atoms with Gasteiger partial charge in [0, 0.05) is 24.2 Å². The predicted octanol–water partition coefficient (Wildman–Crippen LogP) is 5.99. The average molecular weight is 459 g/mol. The van der Waals surface area contributed by atoms with Gasteiger partial charge in [-0.25, -0.2) is 0 Å². The molecule has 0 aliphatic carbocycles. The van der Waals surface area contributed by atoms with Crippen LogP contribution in [0.25, 0.3) is 0 Å². The van der Waals surface area contributed by atoms with Gasteiger partial charge in [-0.3, -0.25) is 4.79 Å². The fourth-order valence-electron chi connectivity index (χ4n) is 4.13. The van der Waals surface area contributed by atoms with Crippen molar-refractivity contribution in [3.8, 4) is 5.75 Å². The number of phenols is 1. The number of benzene rings is 3. The van der Waals surface area contributed by atoms with Crippen LogP contribution in [-0.4, -0.2) is 34.5 Å². The lowest BCUT2D eigenvalue weighted by Crippen LogP contribution is -2.46. The number of amides is 1. The summed E-state index contributed by atoms with van der Waals surface area (Å²) in [4.78, 5) is 15.7. The Bertz CT molecular complexity index is 1020. The molecule has 0 aliphatic heterocycles. The molecule has 3 aromatic carbocycles. The van der Waals surface area contributed by atoms with Gasteiger partial charge in [-0.1, -0.05) is 60.7 Å². The molecule has 0 saturated heterocycles. The first-order valence-corrected chi connectivity index (χ1v) is 12.3. The summed E-state index contributed by atoms with van der Waals surface area (Å²) in [5.41, 5.74) is 4.07. The van der Waals surface area contributed by atoms with Crippen LogP contribution in [0, 0.1) is 0 Å². The summed E-state index contributed by atoms with van der Waals surface area (Å²) in [6.07, 6.45) is 3.94. The number of carbonyl (C=O) groups is 1. The topological polar surface area (TPSA) is 52.6 Å². The van der Waals surface area contributed by atoms with Crippen molar-refractivity contribution >= 4 is 5.91 Å². The number of unbranched alkanes of at least 4 members (excludes halogenated alkanes) is 1. The van der Waals surface area contributed by atoms with Crippen molar-refractivity contribution in [1.29, 1.82) is 0 Å². The fourth-order valence-corrected chi connectivity index (χ4v) is 4.13. The number of hydrogen-bond acceptors (Lipinski definition) is 3. The summed E-state index contributed by atoms with van der Waals surface area (Å²) in [6, 6.07) is 25.8. The van der Waals surface area contributed by atoms with Crippen LogP contribution in [0.2, 0.25) is 0 Å². The first kappa shape index (κ1) is 25.5. The monoisotopic (exact) mass is 458 g/mol.